The molecule has 37 heavy (non-hydrogen) atoms. The van der Waals surface area contributed by atoms with E-state index >= 15 is 0 Å². The molecule has 2 aromatic rings. The van der Waals surface area contributed by atoms with E-state index in [9.17, 15) is 14.4 Å². The van der Waals surface area contributed by atoms with Crippen molar-refractivity contribution >= 4 is 46.5 Å². The molecule has 1 aliphatic rings. The zero-order chi connectivity index (χ0) is 26.8. The molecule has 0 bridgehead atoms. The number of likely N-dealkylation sites (tertiary alicyclic amines) is 1. The molecule has 3 rings (SSSR count). The normalized spacial score (nSPS) is 13.2. The van der Waals surface area contributed by atoms with Crippen LogP contribution >= 0.6 is 22.6 Å². The van der Waals surface area contributed by atoms with Gasteiger partial charge in [-0.25, -0.2) is 5.43 Å². The first-order chi connectivity index (χ1) is 17.8. The summed E-state index contributed by atoms with van der Waals surface area (Å²) in [7, 11) is 0. The highest BCUT2D eigenvalue weighted by Gasteiger charge is 2.20. The second-order valence-corrected chi connectivity index (χ2v) is 10.1. The predicted octanol–water partition coefficient (Wildman–Crippen LogP) is 3.58. The summed E-state index contributed by atoms with van der Waals surface area (Å²) in [6, 6.07) is 11.4. The second kappa shape index (κ2) is 14.0. The number of hydrogen-bond donors (Lipinski definition) is 2. The van der Waals surface area contributed by atoms with Gasteiger partial charge in [-0.1, -0.05) is 38.1 Å². The standard InChI is InChI=1S/C27H33IN4O5/c1-4-36-23-14-20(13-22(28)25(23)37-17-24(33)32-11-5-6-12-32)16-30-31-27(35)26(34)29-15-19-7-9-21(10-8-19)18(2)3/h7-10,13-14,16,18H,4-6,11-12,15,17H2,1-3H3,(H,29,34)(H,31,35)/b30-16-. The minimum atomic E-state index is -0.866. The van der Waals surface area contributed by atoms with Gasteiger partial charge < -0.3 is 19.7 Å². The Morgan fingerprint density at radius 3 is 2.43 bits per heavy atom. The zero-order valence-corrected chi connectivity index (χ0v) is 23.5. The zero-order valence-electron chi connectivity index (χ0n) is 21.4. The lowest BCUT2D eigenvalue weighted by Gasteiger charge is -2.18. The number of carbonyl (C=O) groups excluding carboxylic acids is 3. The fourth-order valence-electron chi connectivity index (χ4n) is 3.76. The molecule has 0 radical (unpaired) electrons. The Labute approximate surface area is 231 Å². The highest BCUT2D eigenvalue weighted by molar-refractivity contribution is 14.1. The van der Waals surface area contributed by atoms with Gasteiger partial charge in [-0.2, -0.15) is 5.10 Å². The van der Waals surface area contributed by atoms with E-state index in [2.05, 4.69) is 52.3 Å². The van der Waals surface area contributed by atoms with Crippen molar-refractivity contribution < 1.29 is 23.9 Å². The average Bonchev–Trinajstić information content (AvgIpc) is 3.42. The Balaban J connectivity index is 1.54. The van der Waals surface area contributed by atoms with Crippen LogP contribution in [0.15, 0.2) is 41.5 Å². The molecule has 10 heteroatoms. The number of nitrogens with zero attached hydrogens (tertiary/aromatic N) is 2. The molecule has 1 fully saturated rings. The van der Waals surface area contributed by atoms with Gasteiger partial charge >= 0.3 is 11.8 Å². The van der Waals surface area contributed by atoms with Crippen LogP contribution in [0.2, 0.25) is 0 Å². The first-order valence-corrected chi connectivity index (χ1v) is 13.4. The van der Waals surface area contributed by atoms with Crippen molar-refractivity contribution in [1.82, 2.24) is 15.6 Å². The van der Waals surface area contributed by atoms with Crippen LogP contribution in [0.3, 0.4) is 0 Å². The van der Waals surface area contributed by atoms with Gasteiger partial charge in [0, 0.05) is 19.6 Å². The number of benzene rings is 2. The predicted molar refractivity (Wildman–Crippen MR) is 150 cm³/mol. The first kappa shape index (κ1) is 28.4. The van der Waals surface area contributed by atoms with Gasteiger partial charge in [0.05, 0.1) is 16.4 Å². The molecule has 0 atom stereocenters. The van der Waals surface area contributed by atoms with E-state index in [1.165, 1.54) is 11.8 Å². The highest BCUT2D eigenvalue weighted by atomic mass is 127. The van der Waals surface area contributed by atoms with E-state index in [-0.39, 0.29) is 19.1 Å². The van der Waals surface area contributed by atoms with Crippen LogP contribution in [0.1, 0.15) is 56.2 Å². The largest absolute Gasteiger partial charge is 0.490 e. The summed E-state index contributed by atoms with van der Waals surface area (Å²) in [6.07, 6.45) is 3.46. The smallest absolute Gasteiger partial charge is 0.329 e. The molecule has 2 N–H and O–H groups in total. The summed E-state index contributed by atoms with van der Waals surface area (Å²) in [6.45, 7) is 8.20. The van der Waals surface area contributed by atoms with Gasteiger partial charge in [0.1, 0.15) is 0 Å². The van der Waals surface area contributed by atoms with Gasteiger partial charge in [0.2, 0.25) is 0 Å². The average molecular weight is 620 g/mol. The number of rotatable bonds is 10. The molecule has 0 spiro atoms. The maximum Gasteiger partial charge on any atom is 0.329 e. The molecular formula is C27H33IN4O5. The Morgan fingerprint density at radius 1 is 1.08 bits per heavy atom. The Morgan fingerprint density at radius 2 is 1.78 bits per heavy atom. The van der Waals surface area contributed by atoms with Crippen LogP contribution in [-0.4, -0.2) is 55.1 Å². The minimum absolute atomic E-state index is 0.0463. The fourth-order valence-corrected chi connectivity index (χ4v) is 4.54. The Kier molecular flexibility index (Phi) is 10.7. The number of ether oxygens (including phenoxy) is 2. The third-order valence-corrected chi connectivity index (χ3v) is 6.62. The molecule has 0 unspecified atom stereocenters. The van der Waals surface area contributed by atoms with Crippen LogP contribution in [0.4, 0.5) is 0 Å². The molecule has 0 aromatic heterocycles. The number of carbonyl (C=O) groups is 3. The van der Waals surface area contributed by atoms with Gasteiger partial charge in [-0.15, -0.1) is 0 Å². The van der Waals surface area contributed by atoms with Gasteiger partial charge in [0.15, 0.2) is 18.1 Å². The summed E-state index contributed by atoms with van der Waals surface area (Å²) in [5.74, 6) is -0.311. The van der Waals surface area contributed by atoms with Gasteiger partial charge in [-0.3, -0.25) is 14.4 Å². The molecule has 198 valence electrons. The first-order valence-electron chi connectivity index (χ1n) is 12.4. The summed E-state index contributed by atoms with van der Waals surface area (Å²) < 4.78 is 12.3. The summed E-state index contributed by atoms with van der Waals surface area (Å²) in [5, 5.41) is 6.49. The van der Waals surface area contributed by atoms with E-state index in [1.54, 1.807) is 17.0 Å². The summed E-state index contributed by atoms with van der Waals surface area (Å²) >= 11 is 2.10. The second-order valence-electron chi connectivity index (χ2n) is 8.92. The molecule has 9 nitrogen and oxygen atoms in total. The lowest BCUT2D eigenvalue weighted by Crippen LogP contribution is -2.37. The number of hydrazone groups is 1. The van der Waals surface area contributed by atoms with Crippen LogP contribution in [0.25, 0.3) is 0 Å². The monoisotopic (exact) mass is 620 g/mol. The Bertz CT molecular complexity index is 1130. The van der Waals surface area contributed by atoms with Crippen LogP contribution in [0.5, 0.6) is 11.5 Å². The number of hydrogen-bond acceptors (Lipinski definition) is 6. The molecule has 3 amide bonds. The summed E-state index contributed by atoms with van der Waals surface area (Å²) in [5.41, 5.74) is 4.99. The molecule has 1 heterocycles. The number of nitrogens with one attached hydrogen (secondary N) is 2. The molecule has 1 saturated heterocycles. The van der Waals surface area contributed by atoms with E-state index < -0.39 is 11.8 Å². The van der Waals surface area contributed by atoms with Crippen molar-refractivity contribution in [1.29, 1.82) is 0 Å². The molecule has 1 aliphatic heterocycles. The highest BCUT2D eigenvalue weighted by Crippen LogP contribution is 2.34. The number of amides is 3. The quantitative estimate of drug-likeness (QED) is 0.183. The lowest BCUT2D eigenvalue weighted by atomic mass is 10.0. The maximum absolute atomic E-state index is 12.4. The Hall–Kier alpha value is -3.15. The van der Waals surface area contributed by atoms with E-state index in [1.807, 2.05) is 31.2 Å². The molecule has 0 saturated carbocycles. The van der Waals surface area contributed by atoms with E-state index in [0.29, 0.717) is 29.6 Å². The summed E-state index contributed by atoms with van der Waals surface area (Å²) in [4.78, 5) is 38.4. The SMILES string of the molecule is CCOc1cc(/C=N\NC(=O)C(=O)NCc2ccc(C(C)C)cc2)cc(I)c1OCC(=O)N1CCCC1. The number of halogens is 1. The van der Waals surface area contributed by atoms with Gasteiger partial charge in [-0.05, 0) is 77.1 Å². The van der Waals surface area contributed by atoms with Gasteiger partial charge in [0.25, 0.3) is 5.91 Å². The van der Waals surface area contributed by atoms with E-state index in [4.69, 9.17) is 9.47 Å². The van der Waals surface area contributed by atoms with Crippen LogP contribution in [-0.2, 0) is 20.9 Å². The third kappa shape index (κ3) is 8.44. The molecular weight excluding hydrogens is 587 g/mol. The topological polar surface area (TPSA) is 109 Å². The fraction of sp³-hybridized carbons (Fsp3) is 0.407. The van der Waals surface area contributed by atoms with E-state index in [0.717, 1.165) is 35.1 Å². The minimum Gasteiger partial charge on any atom is -0.490 e. The van der Waals surface area contributed by atoms with Crippen LogP contribution in [0, 0.1) is 3.57 Å². The van der Waals surface area contributed by atoms with Crippen molar-refractivity contribution in [2.45, 2.75) is 46.1 Å². The molecule has 2 aromatic carbocycles. The van der Waals surface area contributed by atoms with Crippen molar-refractivity contribution in [3.63, 3.8) is 0 Å². The van der Waals surface area contributed by atoms with Crippen molar-refractivity contribution in [3.8, 4) is 11.5 Å². The molecule has 0 aliphatic carbocycles. The van der Waals surface area contributed by atoms with Crippen LogP contribution < -0.4 is 20.2 Å². The maximum atomic E-state index is 12.4. The lowest BCUT2D eigenvalue weighted by molar-refractivity contribution is -0.139. The van der Waals surface area contributed by atoms with Crippen molar-refractivity contribution in [2.75, 3.05) is 26.3 Å². The van der Waals surface area contributed by atoms with Crippen molar-refractivity contribution in [2.24, 2.45) is 5.10 Å². The third-order valence-electron chi connectivity index (χ3n) is 5.82. The van der Waals surface area contributed by atoms with Crippen molar-refractivity contribution in [3.05, 3.63) is 56.7 Å².